The van der Waals surface area contributed by atoms with Crippen molar-refractivity contribution in [3.8, 4) is 0 Å². The molecule has 8 heteroatoms. The fourth-order valence-corrected chi connectivity index (χ4v) is 1.49. The van der Waals surface area contributed by atoms with Crippen molar-refractivity contribution in [3.05, 3.63) is 31.3 Å². The fourth-order valence-electron chi connectivity index (χ4n) is 0.783. The third-order valence-electron chi connectivity index (χ3n) is 1.35. The Bertz CT molecular complexity index is 386. The molecule has 1 rings (SSSR count). The third-order valence-corrected chi connectivity index (χ3v) is 2.45. The second-order valence-electron chi connectivity index (χ2n) is 2.23. The number of hydrogen-bond acceptors (Lipinski definition) is 3. The summed E-state index contributed by atoms with van der Waals surface area (Å²) in [5.74, 6) is -2.17. The maximum absolute atomic E-state index is 12.6. The molecule has 1 heterocycles. The molecule has 0 atom stereocenters. The SMILES string of the molecule is O=[N+]([O-])c1nc(F)cc(C(F)F)c1I. The van der Waals surface area contributed by atoms with Gasteiger partial charge in [0.1, 0.15) is 3.57 Å². The van der Waals surface area contributed by atoms with Gasteiger partial charge in [-0.2, -0.15) is 4.39 Å². The smallest absolute Gasteiger partial charge is 0.358 e. The highest BCUT2D eigenvalue weighted by molar-refractivity contribution is 14.1. The molecule has 76 valence electrons. The zero-order valence-electron chi connectivity index (χ0n) is 6.38. The molecule has 0 saturated heterocycles. The molecule has 1 aromatic rings. The van der Waals surface area contributed by atoms with Gasteiger partial charge in [0.2, 0.25) is 0 Å². The van der Waals surface area contributed by atoms with E-state index in [-0.39, 0.29) is 3.57 Å². The van der Waals surface area contributed by atoms with Gasteiger partial charge in [0, 0.05) is 11.6 Å². The zero-order chi connectivity index (χ0) is 10.9. The molecule has 0 aliphatic heterocycles. The van der Waals surface area contributed by atoms with Gasteiger partial charge in [-0.1, -0.05) is 0 Å². The van der Waals surface area contributed by atoms with E-state index in [1.54, 1.807) is 0 Å². The maximum Gasteiger partial charge on any atom is 0.380 e. The Morgan fingerprint density at radius 2 is 2.14 bits per heavy atom. The molecule has 4 nitrogen and oxygen atoms in total. The minimum atomic E-state index is -2.96. The van der Waals surface area contributed by atoms with E-state index in [2.05, 4.69) is 4.98 Å². The molecule has 0 radical (unpaired) electrons. The molecule has 0 saturated carbocycles. The molecule has 1 aromatic heterocycles. The van der Waals surface area contributed by atoms with Crippen LogP contribution in [0.4, 0.5) is 19.0 Å². The van der Waals surface area contributed by atoms with Gasteiger partial charge in [0.05, 0.1) is 0 Å². The minimum absolute atomic E-state index is 0.344. The molecular formula is C6H2F3IN2O2. The second kappa shape index (κ2) is 4.07. The molecule has 0 aliphatic rings. The van der Waals surface area contributed by atoms with E-state index in [0.717, 1.165) is 0 Å². The number of rotatable bonds is 2. The van der Waals surface area contributed by atoms with Crippen LogP contribution in [0.5, 0.6) is 0 Å². The number of aromatic nitrogens is 1. The van der Waals surface area contributed by atoms with Crippen molar-refractivity contribution in [3.63, 3.8) is 0 Å². The number of alkyl halides is 2. The molecular weight excluding hydrogens is 316 g/mol. The van der Waals surface area contributed by atoms with Gasteiger partial charge < -0.3 is 10.1 Å². The molecule has 0 bridgehead atoms. The van der Waals surface area contributed by atoms with E-state index in [1.165, 1.54) is 22.6 Å². The Balaban J connectivity index is 3.40. The number of nitro groups is 1. The lowest BCUT2D eigenvalue weighted by Crippen LogP contribution is -2.02. The van der Waals surface area contributed by atoms with E-state index in [9.17, 15) is 23.3 Å². The van der Waals surface area contributed by atoms with Crippen molar-refractivity contribution >= 4 is 28.4 Å². The lowest BCUT2D eigenvalue weighted by atomic mass is 10.3. The van der Waals surface area contributed by atoms with Crippen LogP contribution in [0.3, 0.4) is 0 Å². The van der Waals surface area contributed by atoms with Crippen molar-refractivity contribution in [1.82, 2.24) is 4.98 Å². The van der Waals surface area contributed by atoms with Crippen LogP contribution in [0.15, 0.2) is 6.07 Å². The summed E-state index contributed by atoms with van der Waals surface area (Å²) in [6.45, 7) is 0. The highest BCUT2D eigenvalue weighted by Gasteiger charge is 2.25. The summed E-state index contributed by atoms with van der Waals surface area (Å²) >= 11 is 1.34. The van der Waals surface area contributed by atoms with Crippen molar-refractivity contribution in [2.45, 2.75) is 6.43 Å². The average Bonchev–Trinajstić information content (AvgIpc) is 2.07. The Morgan fingerprint density at radius 3 is 2.57 bits per heavy atom. The Kier molecular flexibility index (Phi) is 3.24. The summed E-state index contributed by atoms with van der Waals surface area (Å²) in [6, 6.07) is 0.486. The summed E-state index contributed by atoms with van der Waals surface area (Å²) < 4.78 is 36.7. The number of hydrogen-bond donors (Lipinski definition) is 0. The first-order valence-corrected chi connectivity index (χ1v) is 4.30. The van der Waals surface area contributed by atoms with Crippen molar-refractivity contribution in [1.29, 1.82) is 0 Å². The topological polar surface area (TPSA) is 56.0 Å². The molecule has 14 heavy (non-hydrogen) atoms. The van der Waals surface area contributed by atoms with Gasteiger partial charge in [0.25, 0.3) is 6.43 Å². The zero-order valence-corrected chi connectivity index (χ0v) is 8.53. The molecule has 0 aromatic carbocycles. The van der Waals surface area contributed by atoms with Crippen LogP contribution in [-0.4, -0.2) is 9.91 Å². The largest absolute Gasteiger partial charge is 0.380 e. The summed E-state index contributed by atoms with van der Waals surface area (Å²) in [5, 5.41) is 10.3. The summed E-state index contributed by atoms with van der Waals surface area (Å²) in [4.78, 5) is 12.2. The van der Waals surface area contributed by atoms with Crippen LogP contribution >= 0.6 is 22.6 Å². The average molecular weight is 318 g/mol. The van der Waals surface area contributed by atoms with E-state index >= 15 is 0 Å². The van der Waals surface area contributed by atoms with Crippen LogP contribution in [0.1, 0.15) is 12.0 Å². The van der Waals surface area contributed by atoms with E-state index in [4.69, 9.17) is 0 Å². The normalized spacial score (nSPS) is 10.6. The minimum Gasteiger partial charge on any atom is -0.358 e. The summed E-state index contributed by atoms with van der Waals surface area (Å²) in [6.07, 6.45) is -2.96. The van der Waals surface area contributed by atoms with E-state index in [0.29, 0.717) is 6.07 Å². The van der Waals surface area contributed by atoms with Crippen LogP contribution in [0, 0.1) is 19.6 Å². The third kappa shape index (κ3) is 2.11. The summed E-state index contributed by atoms with van der Waals surface area (Å²) in [7, 11) is 0. The van der Waals surface area contributed by atoms with Crippen LogP contribution in [0.2, 0.25) is 0 Å². The van der Waals surface area contributed by atoms with Gasteiger partial charge in [-0.05, 0) is 32.5 Å². The molecule has 0 spiro atoms. The summed E-state index contributed by atoms with van der Waals surface area (Å²) in [5.41, 5.74) is -0.718. The van der Waals surface area contributed by atoms with E-state index < -0.39 is 28.7 Å². The number of nitrogens with zero attached hydrogens (tertiary/aromatic N) is 2. The van der Waals surface area contributed by atoms with Crippen molar-refractivity contribution < 1.29 is 18.1 Å². The Labute approximate surface area is 89.4 Å². The van der Waals surface area contributed by atoms with Gasteiger partial charge in [0.15, 0.2) is 0 Å². The second-order valence-corrected chi connectivity index (χ2v) is 3.31. The van der Waals surface area contributed by atoms with Gasteiger partial charge >= 0.3 is 11.8 Å². The van der Waals surface area contributed by atoms with Crippen LogP contribution < -0.4 is 0 Å². The van der Waals surface area contributed by atoms with Gasteiger partial charge in [-0.3, -0.25) is 0 Å². The lowest BCUT2D eigenvalue weighted by Gasteiger charge is -2.02. The maximum atomic E-state index is 12.6. The first-order valence-electron chi connectivity index (χ1n) is 3.22. The number of halogens is 4. The quantitative estimate of drug-likeness (QED) is 0.365. The first kappa shape index (κ1) is 11.1. The predicted molar refractivity (Wildman–Crippen MR) is 48.5 cm³/mol. The Morgan fingerprint density at radius 1 is 1.57 bits per heavy atom. The first-order chi connectivity index (χ1) is 6.43. The highest BCUT2D eigenvalue weighted by Crippen LogP contribution is 2.29. The van der Waals surface area contributed by atoms with Gasteiger partial charge in [-0.15, -0.1) is 0 Å². The molecule has 0 N–H and O–H groups in total. The monoisotopic (exact) mass is 318 g/mol. The lowest BCUT2D eigenvalue weighted by molar-refractivity contribution is -0.391. The molecule has 0 unspecified atom stereocenters. The molecule has 0 fully saturated rings. The van der Waals surface area contributed by atoms with Crippen LogP contribution in [-0.2, 0) is 0 Å². The van der Waals surface area contributed by atoms with Crippen LogP contribution in [0.25, 0.3) is 0 Å². The fraction of sp³-hybridized carbons (Fsp3) is 0.167. The molecule has 0 amide bonds. The van der Waals surface area contributed by atoms with Crippen molar-refractivity contribution in [2.24, 2.45) is 0 Å². The predicted octanol–water partition coefficient (Wildman–Crippen LogP) is 2.67. The van der Waals surface area contributed by atoms with Gasteiger partial charge in [-0.25, -0.2) is 8.78 Å². The standard InChI is InChI=1S/C6H2F3IN2O2/c7-3-1-2(5(8)9)4(10)6(11-3)12(13)14/h1,5H. The Hall–Kier alpha value is -0.930. The highest BCUT2D eigenvalue weighted by atomic mass is 127. The van der Waals surface area contributed by atoms with E-state index in [1.807, 2.05) is 0 Å². The number of pyridine rings is 1. The van der Waals surface area contributed by atoms with Crippen molar-refractivity contribution in [2.75, 3.05) is 0 Å². The molecule has 0 aliphatic carbocycles.